The Hall–Kier alpha value is -1.19. The summed E-state index contributed by atoms with van der Waals surface area (Å²) in [6, 6.07) is 0. The van der Waals surface area contributed by atoms with Gasteiger partial charge < -0.3 is 15.3 Å². The zero-order valence-corrected chi connectivity index (χ0v) is 13.3. The van der Waals surface area contributed by atoms with Gasteiger partial charge in [0, 0.05) is 39.3 Å². The van der Waals surface area contributed by atoms with Crippen LogP contribution in [0.15, 0.2) is 0 Å². The zero-order chi connectivity index (χ0) is 15.8. The van der Waals surface area contributed by atoms with Crippen molar-refractivity contribution in [2.75, 3.05) is 58.9 Å². The summed E-state index contributed by atoms with van der Waals surface area (Å²) in [6.45, 7) is 2.26. The average molecular weight is 358 g/mol. The molecular formula is C12H21MnN3O6+3. The monoisotopic (exact) mass is 358 g/mol. The van der Waals surface area contributed by atoms with Crippen molar-refractivity contribution in [1.29, 1.82) is 0 Å². The number of aliphatic carboxylic acids is 3. The molecule has 0 amide bonds. The van der Waals surface area contributed by atoms with E-state index in [9.17, 15) is 14.4 Å². The van der Waals surface area contributed by atoms with E-state index in [1.165, 1.54) is 0 Å². The van der Waals surface area contributed by atoms with E-state index in [0.29, 0.717) is 39.3 Å². The Bertz CT molecular complexity index is 326. The van der Waals surface area contributed by atoms with Gasteiger partial charge in [0.05, 0.1) is 19.6 Å². The van der Waals surface area contributed by atoms with Gasteiger partial charge in [0.15, 0.2) is 0 Å². The van der Waals surface area contributed by atoms with Crippen LogP contribution in [-0.2, 0) is 31.5 Å². The maximum atomic E-state index is 10.8. The van der Waals surface area contributed by atoms with Crippen molar-refractivity contribution in [3.8, 4) is 0 Å². The number of hydrogen-bond donors (Lipinski definition) is 3. The molecular weight excluding hydrogens is 337 g/mol. The molecule has 0 aliphatic carbocycles. The SMILES string of the molecule is O=C(O)CN1CCN(CC(=O)O)CCN(CC(=O)O)CC1.[Mn+3]. The minimum Gasteiger partial charge on any atom is -0.480 e. The molecule has 1 fully saturated rings. The fourth-order valence-corrected chi connectivity index (χ4v) is 2.23. The summed E-state index contributed by atoms with van der Waals surface area (Å²) in [5.41, 5.74) is 0. The molecule has 3 N–H and O–H groups in total. The van der Waals surface area contributed by atoms with Crippen LogP contribution in [0.2, 0.25) is 0 Å². The molecule has 0 bridgehead atoms. The molecule has 0 atom stereocenters. The van der Waals surface area contributed by atoms with Gasteiger partial charge >= 0.3 is 35.0 Å². The smallest absolute Gasteiger partial charge is 0.480 e. The van der Waals surface area contributed by atoms with Crippen LogP contribution in [0.3, 0.4) is 0 Å². The Labute approximate surface area is 138 Å². The molecule has 1 saturated heterocycles. The van der Waals surface area contributed by atoms with E-state index < -0.39 is 17.9 Å². The van der Waals surface area contributed by atoms with Crippen molar-refractivity contribution in [3.63, 3.8) is 0 Å². The standard InChI is InChI=1S/C12H21N3O6.Mn/c16-10(17)7-13-1-2-14(8-11(18)19)5-6-15(4-3-13)9-12(20)21;/h1-9H2,(H,16,17)(H,18,19)(H,20,21);/q;+3. The van der Waals surface area contributed by atoms with Crippen LogP contribution in [0.25, 0.3) is 0 Å². The zero-order valence-electron chi connectivity index (χ0n) is 12.1. The predicted molar refractivity (Wildman–Crippen MR) is 72.2 cm³/mol. The van der Waals surface area contributed by atoms with Gasteiger partial charge in [0.25, 0.3) is 0 Å². The van der Waals surface area contributed by atoms with Gasteiger partial charge in [-0.3, -0.25) is 29.1 Å². The molecule has 9 nitrogen and oxygen atoms in total. The number of hydrogen-bond acceptors (Lipinski definition) is 6. The molecule has 124 valence electrons. The van der Waals surface area contributed by atoms with Gasteiger partial charge in [0.2, 0.25) is 0 Å². The van der Waals surface area contributed by atoms with E-state index in [1.807, 2.05) is 0 Å². The fraction of sp³-hybridized carbons (Fsp3) is 0.750. The van der Waals surface area contributed by atoms with E-state index in [0.717, 1.165) is 0 Å². The molecule has 0 saturated carbocycles. The molecule has 0 unspecified atom stereocenters. The third kappa shape index (κ3) is 8.96. The average Bonchev–Trinajstić information content (AvgIpc) is 2.42. The second kappa shape index (κ2) is 10.5. The second-order valence-corrected chi connectivity index (χ2v) is 5.01. The quantitative estimate of drug-likeness (QED) is 0.470. The Morgan fingerprint density at radius 3 is 0.909 bits per heavy atom. The van der Waals surface area contributed by atoms with Crippen molar-refractivity contribution in [2.45, 2.75) is 0 Å². The molecule has 1 heterocycles. The summed E-state index contributed by atoms with van der Waals surface area (Å²) in [5, 5.41) is 26.6. The number of rotatable bonds is 6. The Morgan fingerprint density at radius 1 is 0.591 bits per heavy atom. The Morgan fingerprint density at radius 2 is 0.773 bits per heavy atom. The van der Waals surface area contributed by atoms with Crippen LogP contribution >= 0.6 is 0 Å². The Balaban J connectivity index is 0.00000441. The first kappa shape index (κ1) is 20.8. The van der Waals surface area contributed by atoms with Crippen LogP contribution in [0.5, 0.6) is 0 Å². The van der Waals surface area contributed by atoms with Crippen molar-refractivity contribution >= 4 is 17.9 Å². The van der Waals surface area contributed by atoms with E-state index in [1.54, 1.807) is 14.7 Å². The summed E-state index contributed by atoms with van der Waals surface area (Å²) in [5.74, 6) is -2.86. The molecule has 22 heavy (non-hydrogen) atoms. The number of carboxylic acid groups (broad SMARTS) is 3. The topological polar surface area (TPSA) is 122 Å². The molecule has 0 aromatic carbocycles. The number of carboxylic acids is 3. The molecule has 1 rings (SSSR count). The molecule has 0 spiro atoms. The first-order valence-corrected chi connectivity index (χ1v) is 6.69. The van der Waals surface area contributed by atoms with Crippen molar-refractivity contribution < 1.29 is 46.8 Å². The normalized spacial score (nSPS) is 18.5. The van der Waals surface area contributed by atoms with Gasteiger partial charge in [-0.1, -0.05) is 0 Å². The first-order chi connectivity index (χ1) is 9.86. The van der Waals surface area contributed by atoms with Crippen molar-refractivity contribution in [1.82, 2.24) is 14.7 Å². The number of carbonyl (C=O) groups is 3. The first-order valence-electron chi connectivity index (χ1n) is 6.69. The molecule has 0 aromatic heterocycles. The van der Waals surface area contributed by atoms with Gasteiger partial charge in [-0.05, 0) is 0 Å². The van der Waals surface area contributed by atoms with E-state index in [2.05, 4.69) is 0 Å². The van der Waals surface area contributed by atoms with Crippen molar-refractivity contribution in [2.24, 2.45) is 0 Å². The van der Waals surface area contributed by atoms with Crippen LogP contribution in [-0.4, -0.2) is 107 Å². The molecule has 0 aromatic rings. The van der Waals surface area contributed by atoms with Crippen LogP contribution < -0.4 is 0 Å². The van der Waals surface area contributed by atoms with Gasteiger partial charge in [0.1, 0.15) is 0 Å². The second-order valence-electron chi connectivity index (χ2n) is 5.01. The third-order valence-electron chi connectivity index (χ3n) is 3.27. The Kier molecular flexibility index (Phi) is 9.95. The molecule has 1 aliphatic heterocycles. The van der Waals surface area contributed by atoms with E-state index >= 15 is 0 Å². The molecule has 0 radical (unpaired) electrons. The minimum absolute atomic E-state index is 0. The summed E-state index contributed by atoms with van der Waals surface area (Å²) < 4.78 is 0. The van der Waals surface area contributed by atoms with E-state index in [4.69, 9.17) is 15.3 Å². The fourth-order valence-electron chi connectivity index (χ4n) is 2.23. The summed E-state index contributed by atoms with van der Waals surface area (Å²) in [4.78, 5) is 37.5. The molecule has 1 aliphatic rings. The minimum atomic E-state index is -0.955. The largest absolute Gasteiger partial charge is 3.00 e. The van der Waals surface area contributed by atoms with Crippen LogP contribution in [0.4, 0.5) is 0 Å². The van der Waals surface area contributed by atoms with Gasteiger partial charge in [-0.15, -0.1) is 0 Å². The van der Waals surface area contributed by atoms with E-state index in [-0.39, 0.29) is 36.7 Å². The summed E-state index contributed by atoms with van der Waals surface area (Å²) in [6.07, 6.45) is 0. The maximum Gasteiger partial charge on any atom is 3.00 e. The van der Waals surface area contributed by atoms with Crippen LogP contribution in [0.1, 0.15) is 0 Å². The summed E-state index contributed by atoms with van der Waals surface area (Å²) in [7, 11) is 0. The van der Waals surface area contributed by atoms with Gasteiger partial charge in [-0.25, -0.2) is 0 Å². The van der Waals surface area contributed by atoms with Crippen molar-refractivity contribution in [3.05, 3.63) is 0 Å². The maximum absolute atomic E-state index is 10.8. The third-order valence-corrected chi connectivity index (χ3v) is 3.27. The predicted octanol–water partition coefficient (Wildman–Crippen LogP) is -1.84. The van der Waals surface area contributed by atoms with Crippen LogP contribution in [0, 0.1) is 0 Å². The molecule has 10 heteroatoms. The summed E-state index contributed by atoms with van der Waals surface area (Å²) >= 11 is 0. The number of nitrogens with zero attached hydrogens (tertiary/aromatic N) is 3. The van der Waals surface area contributed by atoms with Gasteiger partial charge in [-0.2, -0.15) is 0 Å².